The summed E-state index contributed by atoms with van der Waals surface area (Å²) < 4.78 is 6.89. The normalized spacial score (nSPS) is 17.6. The van der Waals surface area contributed by atoms with Gasteiger partial charge in [0.05, 0.1) is 18.0 Å². The second-order valence-electron chi connectivity index (χ2n) is 6.13. The maximum Gasteiger partial charge on any atom is 0.319 e. The molecule has 1 unspecified atom stereocenters. The summed E-state index contributed by atoms with van der Waals surface area (Å²) in [6.45, 7) is 3.34. The molecule has 1 atom stereocenters. The molecule has 0 saturated carbocycles. The highest BCUT2D eigenvalue weighted by molar-refractivity contribution is 5.91. The number of hydrogen-bond donors (Lipinski definition) is 2. The number of anilines is 1. The van der Waals surface area contributed by atoms with Crippen molar-refractivity contribution >= 4 is 11.7 Å². The number of nitrogens with one attached hydrogen (secondary N) is 2. The highest BCUT2D eigenvalue weighted by Gasteiger charge is 2.24. The summed E-state index contributed by atoms with van der Waals surface area (Å²) in [6.07, 6.45) is 5.84. The van der Waals surface area contributed by atoms with Crippen molar-refractivity contribution in [1.29, 1.82) is 0 Å². The number of rotatable bonds is 7. The largest absolute Gasteiger partial charge is 0.383 e. The van der Waals surface area contributed by atoms with Gasteiger partial charge in [0, 0.05) is 38.6 Å². The molecule has 1 aliphatic rings. The van der Waals surface area contributed by atoms with E-state index in [9.17, 15) is 4.79 Å². The third-order valence-corrected chi connectivity index (χ3v) is 4.48. The Morgan fingerprint density at radius 1 is 1.36 bits per heavy atom. The Kier molecular flexibility index (Phi) is 6.03. The summed E-state index contributed by atoms with van der Waals surface area (Å²) in [4.78, 5) is 14.7. The van der Waals surface area contributed by atoms with Gasteiger partial charge in [-0.25, -0.2) is 9.48 Å². The minimum absolute atomic E-state index is 0.196. The zero-order valence-electron chi connectivity index (χ0n) is 14.5. The number of aromatic nitrogens is 2. The number of amides is 2. The first-order valence-corrected chi connectivity index (χ1v) is 8.65. The number of methoxy groups -OCH3 is 1. The van der Waals surface area contributed by atoms with Crippen molar-refractivity contribution in [1.82, 2.24) is 20.0 Å². The monoisotopic (exact) mass is 343 g/mol. The number of ether oxygens (including phenoxy) is 1. The number of carbonyl (C=O) groups excluding carboxylic acids is 1. The summed E-state index contributed by atoms with van der Waals surface area (Å²) in [7, 11) is 1.72. The smallest absolute Gasteiger partial charge is 0.319 e. The quantitative estimate of drug-likeness (QED) is 0.808. The summed E-state index contributed by atoms with van der Waals surface area (Å²) in [5, 5.41) is 10.1. The van der Waals surface area contributed by atoms with Gasteiger partial charge >= 0.3 is 6.03 Å². The lowest BCUT2D eigenvalue weighted by atomic mass is 10.2. The van der Waals surface area contributed by atoms with Crippen LogP contribution in [0.4, 0.5) is 10.5 Å². The van der Waals surface area contributed by atoms with Crippen molar-refractivity contribution in [3.05, 3.63) is 42.7 Å². The molecule has 0 radical (unpaired) electrons. The molecule has 0 aliphatic carbocycles. The van der Waals surface area contributed by atoms with Gasteiger partial charge in [-0.05, 0) is 37.6 Å². The fraction of sp³-hybridized carbons (Fsp3) is 0.444. The van der Waals surface area contributed by atoms with Crippen LogP contribution in [0, 0.1) is 0 Å². The summed E-state index contributed by atoms with van der Waals surface area (Å²) in [6, 6.07) is 9.65. The number of urea groups is 1. The molecule has 0 bridgehead atoms. The predicted octanol–water partition coefficient (Wildman–Crippen LogP) is 2.10. The second kappa shape index (κ2) is 8.64. The summed E-state index contributed by atoms with van der Waals surface area (Å²) in [5.74, 6) is 0. The molecule has 7 nitrogen and oxygen atoms in total. The van der Waals surface area contributed by atoms with Crippen molar-refractivity contribution < 1.29 is 9.53 Å². The fourth-order valence-electron chi connectivity index (χ4n) is 3.20. The summed E-state index contributed by atoms with van der Waals surface area (Å²) in [5.41, 5.74) is 1.57. The summed E-state index contributed by atoms with van der Waals surface area (Å²) >= 11 is 0. The molecule has 134 valence electrons. The Morgan fingerprint density at radius 2 is 2.24 bits per heavy atom. The van der Waals surface area contributed by atoms with Gasteiger partial charge in [-0.2, -0.15) is 5.10 Å². The van der Waals surface area contributed by atoms with E-state index < -0.39 is 0 Å². The molecule has 1 aliphatic heterocycles. The van der Waals surface area contributed by atoms with Gasteiger partial charge in [-0.3, -0.25) is 4.90 Å². The Hall–Kier alpha value is -2.38. The van der Waals surface area contributed by atoms with Gasteiger partial charge in [-0.1, -0.05) is 12.1 Å². The van der Waals surface area contributed by atoms with Crippen molar-refractivity contribution in [3.63, 3.8) is 0 Å². The lowest BCUT2D eigenvalue weighted by Crippen LogP contribution is -2.42. The molecule has 0 spiro atoms. The van der Waals surface area contributed by atoms with Crippen molar-refractivity contribution in [2.45, 2.75) is 18.9 Å². The maximum absolute atomic E-state index is 12.3. The van der Waals surface area contributed by atoms with Crippen LogP contribution in [-0.4, -0.2) is 60.1 Å². The molecule has 2 aromatic rings. The van der Waals surface area contributed by atoms with Crippen molar-refractivity contribution in [2.24, 2.45) is 0 Å². The lowest BCUT2D eigenvalue weighted by molar-refractivity contribution is 0.140. The Balaban J connectivity index is 1.55. The molecule has 1 saturated heterocycles. The molecular formula is C18H25N5O2. The van der Waals surface area contributed by atoms with Gasteiger partial charge < -0.3 is 15.4 Å². The molecule has 1 aromatic carbocycles. The number of likely N-dealkylation sites (tertiary alicyclic amines) is 1. The van der Waals surface area contributed by atoms with E-state index in [2.05, 4.69) is 20.6 Å². The van der Waals surface area contributed by atoms with Crippen LogP contribution in [0.1, 0.15) is 12.8 Å². The van der Waals surface area contributed by atoms with Crippen LogP contribution >= 0.6 is 0 Å². The number of nitrogens with zero attached hydrogens (tertiary/aromatic N) is 3. The maximum atomic E-state index is 12.3. The van der Waals surface area contributed by atoms with Gasteiger partial charge in [0.2, 0.25) is 0 Å². The molecule has 2 N–H and O–H groups in total. The second-order valence-corrected chi connectivity index (χ2v) is 6.13. The number of carbonyl (C=O) groups is 1. The van der Waals surface area contributed by atoms with Crippen LogP contribution in [0.3, 0.4) is 0 Å². The van der Waals surface area contributed by atoms with E-state index in [-0.39, 0.29) is 6.03 Å². The van der Waals surface area contributed by atoms with Crippen LogP contribution in [0.25, 0.3) is 5.69 Å². The average molecular weight is 343 g/mol. The fourth-order valence-corrected chi connectivity index (χ4v) is 3.20. The predicted molar refractivity (Wildman–Crippen MR) is 97.1 cm³/mol. The first-order valence-electron chi connectivity index (χ1n) is 8.65. The van der Waals surface area contributed by atoms with Crippen molar-refractivity contribution in [3.8, 4) is 5.69 Å². The molecule has 2 heterocycles. The van der Waals surface area contributed by atoms with Gasteiger partial charge in [0.25, 0.3) is 0 Å². The van der Waals surface area contributed by atoms with Crippen LogP contribution in [-0.2, 0) is 4.74 Å². The minimum Gasteiger partial charge on any atom is -0.383 e. The zero-order valence-corrected chi connectivity index (χ0v) is 14.5. The van der Waals surface area contributed by atoms with Crippen LogP contribution in [0.5, 0.6) is 0 Å². The van der Waals surface area contributed by atoms with E-state index in [1.54, 1.807) is 18.0 Å². The van der Waals surface area contributed by atoms with Crippen molar-refractivity contribution in [2.75, 3.05) is 38.7 Å². The lowest BCUT2D eigenvalue weighted by Gasteiger charge is -2.24. The Bertz CT molecular complexity index is 674. The number of para-hydroxylation sites is 2. The van der Waals surface area contributed by atoms with E-state index >= 15 is 0 Å². The Labute approximate surface area is 148 Å². The molecule has 25 heavy (non-hydrogen) atoms. The first-order chi connectivity index (χ1) is 12.3. The Morgan fingerprint density at radius 3 is 3.04 bits per heavy atom. The average Bonchev–Trinajstić information content (AvgIpc) is 3.30. The standard InChI is InChI=1S/C18H25N5O2/c1-25-13-12-22-10-4-6-15(22)14-19-18(24)21-16-7-2-3-8-17(16)23-11-5-9-20-23/h2-3,5,7-9,11,15H,4,6,10,12-14H2,1H3,(H2,19,21,24). The molecule has 3 rings (SSSR count). The van der Waals surface area contributed by atoms with Crippen LogP contribution < -0.4 is 10.6 Å². The van der Waals surface area contributed by atoms with Crippen LogP contribution in [0.15, 0.2) is 42.7 Å². The molecule has 2 amide bonds. The highest BCUT2D eigenvalue weighted by Crippen LogP contribution is 2.19. The van der Waals surface area contributed by atoms with Gasteiger partial charge in [0.1, 0.15) is 0 Å². The molecule has 1 aromatic heterocycles. The minimum atomic E-state index is -0.196. The molecule has 1 fully saturated rings. The molecule has 7 heteroatoms. The topological polar surface area (TPSA) is 71.4 Å². The van der Waals surface area contributed by atoms with Gasteiger partial charge in [0.15, 0.2) is 0 Å². The SMILES string of the molecule is COCCN1CCCC1CNC(=O)Nc1ccccc1-n1cccn1. The number of hydrogen-bond acceptors (Lipinski definition) is 4. The zero-order chi connectivity index (χ0) is 17.5. The number of benzene rings is 1. The first kappa shape index (κ1) is 17.4. The third-order valence-electron chi connectivity index (χ3n) is 4.48. The van der Waals surface area contributed by atoms with E-state index in [0.29, 0.717) is 12.6 Å². The van der Waals surface area contributed by atoms with Gasteiger partial charge in [-0.15, -0.1) is 0 Å². The van der Waals surface area contributed by atoms with E-state index in [0.717, 1.165) is 37.5 Å². The third kappa shape index (κ3) is 4.58. The molecular weight excluding hydrogens is 318 g/mol. The van der Waals surface area contributed by atoms with E-state index in [4.69, 9.17) is 4.74 Å². The highest BCUT2D eigenvalue weighted by atomic mass is 16.5. The van der Waals surface area contributed by atoms with E-state index in [1.165, 1.54) is 6.42 Å². The van der Waals surface area contributed by atoms with E-state index in [1.807, 2.05) is 36.5 Å². The van der Waals surface area contributed by atoms with Crippen LogP contribution in [0.2, 0.25) is 0 Å².